The fourth-order valence-corrected chi connectivity index (χ4v) is 0.457. The second-order valence-electron chi connectivity index (χ2n) is 1.47. The number of hydrogen-bond acceptors (Lipinski definition) is 4. The van der Waals surface area contributed by atoms with Gasteiger partial charge in [0.15, 0.2) is 0 Å². The second kappa shape index (κ2) is 3.00. The molecule has 1 heterocycles. The van der Waals surface area contributed by atoms with Gasteiger partial charge < -0.3 is 9.47 Å². The van der Waals surface area contributed by atoms with E-state index in [1.54, 1.807) is 0 Å². The monoisotopic (exact) mass is 138 g/mol. The summed E-state index contributed by atoms with van der Waals surface area (Å²) < 4.78 is 9.48. The zero-order valence-electron chi connectivity index (χ0n) is 5.71. The summed E-state index contributed by atoms with van der Waals surface area (Å²) in [6.07, 6.45) is 2.35. The van der Waals surface area contributed by atoms with E-state index in [4.69, 9.17) is 9.47 Å². The highest BCUT2D eigenvalue weighted by Gasteiger charge is 1.96. The molecule has 0 saturated carbocycles. The minimum absolute atomic E-state index is 0.326. The van der Waals surface area contributed by atoms with Gasteiger partial charge in [0.1, 0.15) is 6.07 Å². The average molecular weight is 138 g/mol. The topological polar surface area (TPSA) is 44.2 Å². The number of ether oxygens (including phenoxy) is 2. The normalized spacial score (nSPS) is 9.00. The summed E-state index contributed by atoms with van der Waals surface area (Å²) >= 11 is 0. The fourth-order valence-electron chi connectivity index (χ4n) is 0.457. The van der Waals surface area contributed by atoms with Crippen molar-refractivity contribution in [1.29, 1.82) is 0 Å². The van der Waals surface area contributed by atoms with Gasteiger partial charge >= 0.3 is 0 Å². The Balaban J connectivity index is 2.87. The zero-order chi connectivity index (χ0) is 7.40. The predicted molar refractivity (Wildman–Crippen MR) is 32.8 cm³/mol. The van der Waals surface area contributed by atoms with Crippen LogP contribution in [0.2, 0.25) is 0 Å². The molecule has 1 aromatic rings. The minimum Gasteiger partial charge on any atom is -0.480 e. The average Bonchev–Trinajstić information content (AvgIpc) is 2.05. The van der Waals surface area contributed by atoms with Crippen molar-refractivity contribution < 1.29 is 9.47 Å². The highest BCUT2D eigenvalue weighted by Crippen LogP contribution is 2.08. The van der Waals surface area contributed by atoms with Gasteiger partial charge in [0.2, 0.25) is 18.1 Å². The van der Waals surface area contributed by atoms with Crippen molar-refractivity contribution in [2.24, 2.45) is 0 Å². The molecule has 0 spiro atoms. The van der Waals surface area contributed by atoms with Crippen molar-refractivity contribution in [3.63, 3.8) is 0 Å². The molecule has 52 valence electrons. The summed E-state index contributed by atoms with van der Waals surface area (Å²) in [4.78, 5) is 7.22. The molecule has 0 saturated heterocycles. The highest BCUT2D eigenvalue weighted by molar-refractivity contribution is 5.14. The van der Waals surface area contributed by atoms with Crippen LogP contribution in [0.25, 0.3) is 0 Å². The molecule has 2 radical (unpaired) electrons. The molecule has 0 N–H and O–H groups in total. The van der Waals surface area contributed by atoms with E-state index in [1.807, 2.05) is 0 Å². The van der Waals surface area contributed by atoms with Crippen molar-refractivity contribution in [1.82, 2.24) is 9.97 Å². The first kappa shape index (κ1) is 6.80. The van der Waals surface area contributed by atoms with Crippen molar-refractivity contribution >= 4 is 0 Å². The third kappa shape index (κ3) is 1.34. The van der Waals surface area contributed by atoms with Crippen molar-refractivity contribution in [2.45, 2.75) is 0 Å². The molecule has 0 bridgehead atoms. The van der Waals surface area contributed by atoms with Crippen LogP contribution >= 0.6 is 0 Å². The Morgan fingerprint density at radius 2 is 1.60 bits per heavy atom. The zero-order valence-corrected chi connectivity index (χ0v) is 5.71. The summed E-state index contributed by atoms with van der Waals surface area (Å²) in [7, 11) is 2.98. The van der Waals surface area contributed by atoms with Crippen LogP contribution in [-0.4, -0.2) is 24.2 Å². The molecule has 0 fully saturated rings. The number of hydrogen-bond donors (Lipinski definition) is 0. The molecule has 0 aromatic carbocycles. The molecule has 1 aromatic heterocycles. The summed E-state index contributed by atoms with van der Waals surface area (Å²) in [5, 5.41) is 0. The Labute approximate surface area is 58.8 Å². The molecule has 4 nitrogen and oxygen atoms in total. The number of rotatable bonds is 2. The van der Waals surface area contributed by atoms with Gasteiger partial charge in [0.05, 0.1) is 14.2 Å². The smallest absolute Gasteiger partial charge is 0.229 e. The van der Waals surface area contributed by atoms with E-state index in [1.165, 1.54) is 14.2 Å². The van der Waals surface area contributed by atoms with Gasteiger partial charge in [-0.3, -0.25) is 0 Å². The third-order valence-corrected chi connectivity index (χ3v) is 0.904. The lowest BCUT2D eigenvalue weighted by atomic mass is 10.6. The van der Waals surface area contributed by atoms with Crippen LogP contribution in [0.3, 0.4) is 0 Å². The Morgan fingerprint density at radius 3 is 2.00 bits per heavy atom. The van der Waals surface area contributed by atoms with Crippen LogP contribution < -0.4 is 9.47 Å². The van der Waals surface area contributed by atoms with E-state index in [0.29, 0.717) is 11.8 Å². The molecule has 1 rings (SSSR count). The van der Waals surface area contributed by atoms with Gasteiger partial charge in [-0.25, -0.2) is 0 Å². The van der Waals surface area contributed by atoms with E-state index in [0.717, 1.165) is 0 Å². The molecular weight excluding hydrogens is 132 g/mol. The molecule has 0 aliphatic carbocycles. The highest BCUT2D eigenvalue weighted by atomic mass is 16.5. The Kier molecular flexibility index (Phi) is 2.04. The molecule has 10 heavy (non-hydrogen) atoms. The van der Waals surface area contributed by atoms with E-state index >= 15 is 0 Å². The standard InChI is InChI=1S/C6H6N2O2/c1-9-5-3-6(10-2)8-4-7-5/h1-2H3. The van der Waals surface area contributed by atoms with Gasteiger partial charge in [-0.1, -0.05) is 0 Å². The molecule has 0 atom stereocenters. The maximum Gasteiger partial charge on any atom is 0.229 e. The minimum atomic E-state index is 0.326. The van der Waals surface area contributed by atoms with E-state index in [-0.39, 0.29) is 0 Å². The maximum atomic E-state index is 4.74. The largest absolute Gasteiger partial charge is 0.480 e. The summed E-state index contributed by atoms with van der Waals surface area (Å²) in [6.45, 7) is 0. The number of aromatic nitrogens is 2. The summed E-state index contributed by atoms with van der Waals surface area (Å²) in [6, 6.07) is 2.65. The predicted octanol–water partition coefficient (Wildman–Crippen LogP) is 0.0942. The van der Waals surface area contributed by atoms with Crippen molar-refractivity contribution in [3.05, 3.63) is 12.4 Å². The van der Waals surface area contributed by atoms with Crippen molar-refractivity contribution in [2.75, 3.05) is 14.2 Å². The van der Waals surface area contributed by atoms with Crippen LogP contribution in [0, 0.1) is 12.4 Å². The van der Waals surface area contributed by atoms with E-state index in [9.17, 15) is 0 Å². The Morgan fingerprint density at radius 1 is 1.10 bits per heavy atom. The first-order valence-electron chi connectivity index (χ1n) is 2.62. The lowest BCUT2D eigenvalue weighted by Gasteiger charge is -1.97. The molecule has 0 aliphatic rings. The van der Waals surface area contributed by atoms with Gasteiger partial charge in [-0.2, -0.15) is 9.97 Å². The van der Waals surface area contributed by atoms with E-state index < -0.39 is 0 Å². The molecule has 0 unspecified atom stereocenters. The summed E-state index contributed by atoms with van der Waals surface area (Å²) in [5.74, 6) is 0.652. The lowest BCUT2D eigenvalue weighted by Crippen LogP contribution is -1.92. The number of methoxy groups -OCH3 is 2. The van der Waals surface area contributed by atoms with Crippen LogP contribution in [0.1, 0.15) is 0 Å². The second-order valence-corrected chi connectivity index (χ2v) is 1.47. The first-order valence-corrected chi connectivity index (χ1v) is 2.62. The van der Waals surface area contributed by atoms with Gasteiger partial charge in [-0.05, 0) is 0 Å². The molecule has 0 amide bonds. The maximum absolute atomic E-state index is 4.74. The van der Waals surface area contributed by atoms with Crippen molar-refractivity contribution in [3.8, 4) is 11.8 Å². The Bertz CT molecular complexity index is 195. The fraction of sp³-hybridized carbons (Fsp3) is 0.333. The third-order valence-electron chi connectivity index (χ3n) is 0.904. The SMILES string of the molecule is COc1[c]c(OC)n[c]n1. The van der Waals surface area contributed by atoms with Crippen LogP contribution in [0.4, 0.5) is 0 Å². The Hall–Kier alpha value is -1.32. The van der Waals surface area contributed by atoms with Crippen LogP contribution in [0.5, 0.6) is 11.8 Å². The van der Waals surface area contributed by atoms with Gasteiger partial charge in [0.25, 0.3) is 0 Å². The lowest BCUT2D eigenvalue weighted by molar-refractivity contribution is 0.369. The van der Waals surface area contributed by atoms with Gasteiger partial charge in [-0.15, -0.1) is 0 Å². The van der Waals surface area contributed by atoms with Crippen LogP contribution in [0.15, 0.2) is 0 Å². The molecule has 0 aliphatic heterocycles. The van der Waals surface area contributed by atoms with E-state index in [2.05, 4.69) is 22.4 Å². The summed E-state index contributed by atoms with van der Waals surface area (Å²) in [5.41, 5.74) is 0. The molecule has 4 heteroatoms. The van der Waals surface area contributed by atoms with Gasteiger partial charge in [0, 0.05) is 0 Å². The van der Waals surface area contributed by atoms with Crippen LogP contribution in [-0.2, 0) is 0 Å². The quantitative estimate of drug-likeness (QED) is 0.581. The molecular formula is C6H6N2O2. The number of nitrogens with zero attached hydrogens (tertiary/aromatic N) is 2. The first-order chi connectivity index (χ1) is 4.86.